The minimum absolute atomic E-state index is 0.0879. The van der Waals surface area contributed by atoms with E-state index >= 15 is 0 Å². The molecule has 3 nitrogen and oxygen atoms in total. The number of aliphatic hydroxyl groups is 1. The van der Waals surface area contributed by atoms with Crippen LogP contribution in [-0.2, 0) is 6.61 Å². The number of hydrogen-bond acceptors (Lipinski definition) is 3. The Morgan fingerprint density at radius 1 is 1.00 bits per heavy atom. The highest BCUT2D eigenvalue weighted by Crippen LogP contribution is 2.35. The second-order valence-electron chi connectivity index (χ2n) is 6.96. The molecule has 0 saturated carbocycles. The van der Waals surface area contributed by atoms with Gasteiger partial charge >= 0.3 is 0 Å². The Kier molecular flexibility index (Phi) is 6.63. The summed E-state index contributed by atoms with van der Waals surface area (Å²) in [6.07, 6.45) is 3.73. The van der Waals surface area contributed by atoms with Crippen LogP contribution >= 0.6 is 0 Å². The number of aromatic nitrogens is 1. The van der Waals surface area contributed by atoms with Crippen LogP contribution in [0, 0.1) is 12.7 Å². The van der Waals surface area contributed by atoms with Crippen LogP contribution in [0.3, 0.4) is 0 Å². The van der Waals surface area contributed by atoms with Crippen LogP contribution in [0.5, 0.6) is 0 Å². The average molecular weight is 381 g/mol. The van der Waals surface area contributed by atoms with E-state index in [1.165, 1.54) is 37.1 Å². The molecule has 0 bridgehead atoms. The van der Waals surface area contributed by atoms with Gasteiger partial charge in [0.15, 0.2) is 0 Å². The lowest BCUT2D eigenvalue weighted by atomic mass is 9.94. The van der Waals surface area contributed by atoms with E-state index in [0.717, 1.165) is 46.4 Å². The van der Waals surface area contributed by atoms with Crippen molar-refractivity contribution in [3.05, 3.63) is 59.5 Å². The first-order valence-corrected chi connectivity index (χ1v) is 10.2. The second-order valence-corrected chi connectivity index (χ2v) is 6.96. The van der Waals surface area contributed by atoms with Crippen LogP contribution in [0.15, 0.2) is 42.5 Å². The average Bonchev–Trinajstić information content (AvgIpc) is 2.75. The van der Waals surface area contributed by atoms with Gasteiger partial charge < -0.3 is 10.0 Å². The Morgan fingerprint density at radius 3 is 2.32 bits per heavy atom. The third-order valence-electron chi connectivity index (χ3n) is 5.29. The zero-order valence-corrected chi connectivity index (χ0v) is 17.0. The van der Waals surface area contributed by atoms with Gasteiger partial charge in [-0.3, -0.25) is 4.98 Å². The van der Waals surface area contributed by atoms with Crippen molar-refractivity contribution in [3.8, 4) is 11.1 Å². The Balaban J connectivity index is 0.00000109. The molecule has 1 aliphatic heterocycles. The van der Waals surface area contributed by atoms with Crippen molar-refractivity contribution in [3.63, 3.8) is 0 Å². The predicted molar refractivity (Wildman–Crippen MR) is 115 cm³/mol. The van der Waals surface area contributed by atoms with E-state index in [1.54, 1.807) is 12.1 Å². The Labute approximate surface area is 166 Å². The zero-order chi connectivity index (χ0) is 20.1. The maximum Gasteiger partial charge on any atom is 0.123 e. The standard InChI is InChI=1S/C22H23FN2O.C2H6/c1-15-20(14-26)22(16-5-7-17(23)8-6-16)19-13-18(9-10-21(19)24-15)25-11-3-2-4-12-25;1-2/h5-10,13,26H,2-4,11-12,14H2,1H3;1-2H3. The summed E-state index contributed by atoms with van der Waals surface area (Å²) in [5, 5.41) is 11.0. The molecule has 2 aromatic carbocycles. The van der Waals surface area contributed by atoms with Gasteiger partial charge in [-0.05, 0) is 67.6 Å². The van der Waals surface area contributed by atoms with Gasteiger partial charge in [-0.15, -0.1) is 0 Å². The smallest absolute Gasteiger partial charge is 0.123 e. The van der Waals surface area contributed by atoms with Crippen LogP contribution < -0.4 is 4.90 Å². The van der Waals surface area contributed by atoms with Crippen LogP contribution in [-0.4, -0.2) is 23.2 Å². The van der Waals surface area contributed by atoms with E-state index in [2.05, 4.69) is 28.1 Å². The molecule has 4 rings (SSSR count). The van der Waals surface area contributed by atoms with Crippen molar-refractivity contribution in [2.45, 2.75) is 46.6 Å². The maximum absolute atomic E-state index is 13.4. The molecular weight excluding hydrogens is 351 g/mol. The predicted octanol–water partition coefficient (Wildman–Crippen LogP) is 5.86. The number of nitrogens with zero attached hydrogens (tertiary/aromatic N) is 2. The summed E-state index contributed by atoms with van der Waals surface area (Å²) in [7, 11) is 0. The van der Waals surface area contributed by atoms with E-state index in [0.29, 0.717) is 0 Å². The number of hydrogen-bond donors (Lipinski definition) is 1. The van der Waals surface area contributed by atoms with Crippen LogP contribution in [0.4, 0.5) is 10.1 Å². The summed E-state index contributed by atoms with van der Waals surface area (Å²) in [4.78, 5) is 7.10. The maximum atomic E-state index is 13.4. The van der Waals surface area contributed by atoms with Gasteiger partial charge in [0.2, 0.25) is 0 Å². The molecule has 4 heteroatoms. The van der Waals surface area contributed by atoms with Crippen LogP contribution in [0.1, 0.15) is 44.4 Å². The number of pyridine rings is 1. The fourth-order valence-electron chi connectivity index (χ4n) is 3.90. The molecule has 1 saturated heterocycles. The second kappa shape index (κ2) is 9.16. The SMILES string of the molecule is CC.Cc1nc2ccc(N3CCCCC3)cc2c(-c2ccc(F)cc2)c1CO. The van der Waals surface area contributed by atoms with Crippen LogP contribution in [0.25, 0.3) is 22.0 Å². The van der Waals surface area contributed by atoms with Crippen molar-refractivity contribution >= 4 is 16.6 Å². The summed E-state index contributed by atoms with van der Waals surface area (Å²) in [6.45, 7) is 7.97. The van der Waals surface area contributed by atoms with Crippen molar-refractivity contribution in [2.75, 3.05) is 18.0 Å². The van der Waals surface area contributed by atoms with E-state index in [-0.39, 0.29) is 12.4 Å². The van der Waals surface area contributed by atoms with Crippen molar-refractivity contribution in [2.24, 2.45) is 0 Å². The van der Waals surface area contributed by atoms with E-state index in [4.69, 9.17) is 0 Å². The van der Waals surface area contributed by atoms with Gasteiger partial charge in [-0.25, -0.2) is 4.39 Å². The molecule has 1 aliphatic rings. The number of aryl methyl sites for hydroxylation is 1. The minimum Gasteiger partial charge on any atom is -0.392 e. The molecule has 0 radical (unpaired) electrons. The molecule has 1 N–H and O–H groups in total. The fraction of sp³-hybridized carbons (Fsp3) is 0.375. The number of anilines is 1. The van der Waals surface area contributed by atoms with E-state index in [9.17, 15) is 9.50 Å². The molecular formula is C24H29FN2O. The molecule has 28 heavy (non-hydrogen) atoms. The number of piperidine rings is 1. The largest absolute Gasteiger partial charge is 0.392 e. The monoisotopic (exact) mass is 380 g/mol. The first-order valence-electron chi connectivity index (χ1n) is 10.2. The highest BCUT2D eigenvalue weighted by molar-refractivity contribution is 5.98. The molecule has 3 aromatic rings. The lowest BCUT2D eigenvalue weighted by Crippen LogP contribution is -2.29. The summed E-state index contributed by atoms with van der Waals surface area (Å²) >= 11 is 0. The van der Waals surface area contributed by atoms with Crippen LogP contribution in [0.2, 0.25) is 0 Å². The number of benzene rings is 2. The van der Waals surface area contributed by atoms with Gasteiger partial charge in [-0.1, -0.05) is 26.0 Å². The molecule has 0 unspecified atom stereocenters. The highest BCUT2D eigenvalue weighted by Gasteiger charge is 2.17. The molecule has 148 valence electrons. The van der Waals surface area contributed by atoms with Gasteiger partial charge in [0, 0.05) is 35.4 Å². The Morgan fingerprint density at radius 2 is 1.68 bits per heavy atom. The zero-order valence-electron chi connectivity index (χ0n) is 17.0. The quantitative estimate of drug-likeness (QED) is 0.618. The summed E-state index contributed by atoms with van der Waals surface area (Å²) < 4.78 is 13.4. The lowest BCUT2D eigenvalue weighted by Gasteiger charge is -2.29. The fourth-order valence-corrected chi connectivity index (χ4v) is 3.90. The molecule has 1 aromatic heterocycles. The summed E-state index contributed by atoms with van der Waals surface area (Å²) in [5.74, 6) is -0.261. The normalized spacial score (nSPS) is 14.0. The number of halogens is 1. The molecule has 0 atom stereocenters. The highest BCUT2D eigenvalue weighted by atomic mass is 19.1. The van der Waals surface area contributed by atoms with E-state index in [1.807, 2.05) is 20.8 Å². The van der Waals surface area contributed by atoms with Crippen molar-refractivity contribution in [1.82, 2.24) is 4.98 Å². The molecule has 2 heterocycles. The molecule has 0 amide bonds. The third-order valence-corrected chi connectivity index (χ3v) is 5.29. The summed E-state index contributed by atoms with van der Waals surface area (Å²) in [6, 6.07) is 12.8. The topological polar surface area (TPSA) is 36.4 Å². The first kappa shape index (κ1) is 20.3. The van der Waals surface area contributed by atoms with Gasteiger partial charge in [-0.2, -0.15) is 0 Å². The Hall–Kier alpha value is -2.46. The number of aliphatic hydroxyl groups excluding tert-OH is 1. The molecule has 0 aliphatic carbocycles. The number of fused-ring (bicyclic) bond motifs is 1. The van der Waals surface area contributed by atoms with Crippen molar-refractivity contribution in [1.29, 1.82) is 0 Å². The lowest BCUT2D eigenvalue weighted by molar-refractivity contribution is 0.281. The van der Waals surface area contributed by atoms with Crippen molar-refractivity contribution < 1.29 is 9.50 Å². The van der Waals surface area contributed by atoms with Gasteiger partial charge in [0.1, 0.15) is 5.82 Å². The third kappa shape index (κ3) is 4.02. The molecule has 1 fully saturated rings. The van der Waals surface area contributed by atoms with Gasteiger partial charge in [0.25, 0.3) is 0 Å². The number of rotatable bonds is 3. The Bertz CT molecular complexity index is 931. The summed E-state index contributed by atoms with van der Waals surface area (Å²) in [5.41, 5.74) is 5.57. The first-order chi connectivity index (χ1) is 13.7. The minimum atomic E-state index is -0.261. The molecule has 0 spiro atoms. The van der Waals surface area contributed by atoms with Gasteiger partial charge in [0.05, 0.1) is 12.1 Å². The van der Waals surface area contributed by atoms with E-state index < -0.39 is 0 Å².